The summed E-state index contributed by atoms with van der Waals surface area (Å²) in [5.74, 6) is 0.0485. The molecule has 1 aromatic carbocycles. The highest BCUT2D eigenvalue weighted by Gasteiger charge is 2.13. The van der Waals surface area contributed by atoms with Crippen LogP contribution in [-0.2, 0) is 4.74 Å². The Kier molecular flexibility index (Phi) is 6.45. The monoisotopic (exact) mass is 285 g/mol. The number of halogens is 1. The van der Waals surface area contributed by atoms with E-state index in [1.165, 1.54) is 0 Å². The van der Waals surface area contributed by atoms with Gasteiger partial charge in [0.2, 0.25) is 0 Å². The van der Waals surface area contributed by atoms with Gasteiger partial charge in [-0.25, -0.2) is 0 Å². The van der Waals surface area contributed by atoms with E-state index in [1.807, 2.05) is 19.9 Å². The number of hydrogen-bond acceptors (Lipinski definition) is 4. The van der Waals surface area contributed by atoms with Crippen LogP contribution in [0.4, 0.5) is 5.69 Å². The maximum absolute atomic E-state index is 8.85. The van der Waals surface area contributed by atoms with Gasteiger partial charge in [-0.3, -0.25) is 0 Å². The van der Waals surface area contributed by atoms with Gasteiger partial charge >= 0.3 is 0 Å². The van der Waals surface area contributed by atoms with Crippen LogP contribution >= 0.6 is 11.6 Å². The van der Waals surface area contributed by atoms with E-state index in [0.29, 0.717) is 23.8 Å². The van der Waals surface area contributed by atoms with E-state index in [0.717, 1.165) is 18.8 Å². The number of anilines is 1. The number of benzene rings is 1. The minimum Gasteiger partial charge on any atom is -0.409 e. The normalized spacial score (nSPS) is 11.6. The molecule has 0 aliphatic heterocycles. The topological polar surface area (TPSA) is 71.1 Å². The molecule has 1 rings (SSSR count). The molecule has 0 heterocycles. The van der Waals surface area contributed by atoms with Gasteiger partial charge in [0.05, 0.1) is 6.61 Å². The second kappa shape index (κ2) is 7.86. The number of hydrogen-bond donors (Lipinski definition) is 2. The minimum absolute atomic E-state index is 0.0485. The fraction of sp³-hybridized carbons (Fsp3) is 0.462. The molecule has 0 unspecified atom stereocenters. The Labute approximate surface area is 118 Å². The summed E-state index contributed by atoms with van der Waals surface area (Å²) in [7, 11) is 0. The van der Waals surface area contributed by atoms with Gasteiger partial charge in [0.15, 0.2) is 5.84 Å². The highest BCUT2D eigenvalue weighted by molar-refractivity contribution is 6.31. The van der Waals surface area contributed by atoms with Crippen molar-refractivity contribution in [2.75, 3.05) is 31.2 Å². The smallest absolute Gasteiger partial charge is 0.172 e. The van der Waals surface area contributed by atoms with Crippen LogP contribution in [0.5, 0.6) is 0 Å². The van der Waals surface area contributed by atoms with Gasteiger partial charge in [0, 0.05) is 36.0 Å². The van der Waals surface area contributed by atoms with Crippen LogP contribution in [0.15, 0.2) is 23.4 Å². The molecule has 0 radical (unpaired) electrons. The molecule has 0 fully saturated rings. The molecular formula is C13H20ClN3O2. The molecule has 3 N–H and O–H groups in total. The van der Waals surface area contributed by atoms with E-state index >= 15 is 0 Å². The second-order valence-corrected chi connectivity index (χ2v) is 4.36. The highest BCUT2D eigenvalue weighted by Crippen LogP contribution is 2.24. The molecule has 0 aliphatic carbocycles. The maximum Gasteiger partial charge on any atom is 0.172 e. The summed E-state index contributed by atoms with van der Waals surface area (Å²) in [6.07, 6.45) is 0. The Hall–Kier alpha value is -1.46. The number of amidine groups is 1. The zero-order chi connectivity index (χ0) is 14.3. The lowest BCUT2D eigenvalue weighted by atomic mass is 10.1. The molecule has 0 saturated heterocycles. The van der Waals surface area contributed by atoms with E-state index in [9.17, 15) is 0 Å². The maximum atomic E-state index is 8.85. The number of ether oxygens (including phenoxy) is 1. The van der Waals surface area contributed by atoms with Crippen molar-refractivity contribution in [3.8, 4) is 0 Å². The predicted octanol–water partition coefficient (Wildman–Crippen LogP) is 2.30. The molecule has 0 aromatic heterocycles. The molecular weight excluding hydrogens is 266 g/mol. The van der Waals surface area contributed by atoms with Crippen LogP contribution in [0.25, 0.3) is 0 Å². The Balaban J connectivity index is 3.02. The van der Waals surface area contributed by atoms with Gasteiger partial charge in [-0.2, -0.15) is 0 Å². The van der Waals surface area contributed by atoms with Crippen molar-refractivity contribution in [1.29, 1.82) is 0 Å². The molecule has 5 nitrogen and oxygen atoms in total. The van der Waals surface area contributed by atoms with Crippen molar-refractivity contribution in [3.05, 3.63) is 28.8 Å². The number of likely N-dealkylation sites (N-methyl/N-ethyl adjacent to an activating group) is 1. The van der Waals surface area contributed by atoms with E-state index in [4.69, 9.17) is 27.3 Å². The summed E-state index contributed by atoms with van der Waals surface area (Å²) >= 11 is 5.96. The fourth-order valence-electron chi connectivity index (χ4n) is 1.81. The Morgan fingerprint density at radius 3 is 2.79 bits per heavy atom. The third-order valence-corrected chi connectivity index (χ3v) is 3.01. The first-order valence-electron chi connectivity index (χ1n) is 6.24. The van der Waals surface area contributed by atoms with Gasteiger partial charge in [-0.1, -0.05) is 16.8 Å². The van der Waals surface area contributed by atoms with E-state index < -0.39 is 0 Å². The van der Waals surface area contributed by atoms with Gasteiger partial charge in [0.1, 0.15) is 0 Å². The number of nitrogens with zero attached hydrogens (tertiary/aromatic N) is 2. The van der Waals surface area contributed by atoms with Crippen LogP contribution in [0.1, 0.15) is 19.4 Å². The Morgan fingerprint density at radius 1 is 1.47 bits per heavy atom. The van der Waals surface area contributed by atoms with Crippen LogP contribution in [0, 0.1) is 0 Å². The van der Waals surface area contributed by atoms with E-state index in [-0.39, 0.29) is 5.84 Å². The van der Waals surface area contributed by atoms with Crippen molar-refractivity contribution in [3.63, 3.8) is 0 Å². The SMILES string of the molecule is CCOCCN(CC)c1ccc(Cl)cc1/C(N)=N/O. The van der Waals surface area contributed by atoms with Crippen LogP contribution in [0.3, 0.4) is 0 Å². The van der Waals surface area contributed by atoms with Crippen molar-refractivity contribution in [2.45, 2.75) is 13.8 Å². The minimum atomic E-state index is 0.0485. The number of rotatable bonds is 7. The van der Waals surface area contributed by atoms with Gasteiger partial charge < -0.3 is 20.6 Å². The molecule has 0 aliphatic rings. The molecule has 0 spiro atoms. The molecule has 0 amide bonds. The lowest BCUT2D eigenvalue weighted by Crippen LogP contribution is -2.30. The summed E-state index contributed by atoms with van der Waals surface area (Å²) in [5.41, 5.74) is 7.19. The van der Waals surface area contributed by atoms with Gasteiger partial charge in [0.25, 0.3) is 0 Å². The summed E-state index contributed by atoms with van der Waals surface area (Å²) < 4.78 is 5.36. The van der Waals surface area contributed by atoms with E-state index in [1.54, 1.807) is 12.1 Å². The average Bonchev–Trinajstić information content (AvgIpc) is 2.43. The van der Waals surface area contributed by atoms with Gasteiger partial charge in [-0.05, 0) is 32.0 Å². The average molecular weight is 286 g/mol. The lowest BCUT2D eigenvalue weighted by molar-refractivity contribution is 0.154. The molecule has 1 aromatic rings. The first-order chi connectivity index (χ1) is 9.13. The largest absolute Gasteiger partial charge is 0.409 e. The zero-order valence-electron chi connectivity index (χ0n) is 11.3. The molecule has 19 heavy (non-hydrogen) atoms. The fourth-order valence-corrected chi connectivity index (χ4v) is 1.98. The lowest BCUT2D eigenvalue weighted by Gasteiger charge is -2.25. The van der Waals surface area contributed by atoms with Crippen molar-refractivity contribution in [1.82, 2.24) is 0 Å². The van der Waals surface area contributed by atoms with Crippen LogP contribution < -0.4 is 10.6 Å². The van der Waals surface area contributed by atoms with Crippen molar-refractivity contribution < 1.29 is 9.94 Å². The standard InChI is InChI=1S/C13H20ClN3O2/c1-3-17(7-8-19-4-2)12-6-5-10(14)9-11(12)13(15)16-18/h5-6,9,18H,3-4,7-8H2,1-2H3,(H2,15,16). The van der Waals surface area contributed by atoms with Crippen LogP contribution in [0.2, 0.25) is 5.02 Å². The quantitative estimate of drug-likeness (QED) is 0.265. The van der Waals surface area contributed by atoms with Crippen LogP contribution in [-0.4, -0.2) is 37.3 Å². The Bertz CT molecular complexity index is 438. The Morgan fingerprint density at radius 2 is 2.21 bits per heavy atom. The molecule has 6 heteroatoms. The first kappa shape index (κ1) is 15.6. The molecule has 0 bridgehead atoms. The highest BCUT2D eigenvalue weighted by atomic mass is 35.5. The first-order valence-corrected chi connectivity index (χ1v) is 6.61. The van der Waals surface area contributed by atoms with Gasteiger partial charge in [-0.15, -0.1) is 0 Å². The molecule has 0 atom stereocenters. The summed E-state index contributed by atoms with van der Waals surface area (Å²) in [4.78, 5) is 2.10. The number of nitrogens with two attached hydrogens (primary N) is 1. The van der Waals surface area contributed by atoms with E-state index in [2.05, 4.69) is 10.1 Å². The third kappa shape index (κ3) is 4.29. The summed E-state index contributed by atoms with van der Waals surface area (Å²) in [6.45, 7) is 6.84. The van der Waals surface area contributed by atoms with Crippen molar-refractivity contribution >= 4 is 23.1 Å². The predicted molar refractivity (Wildman–Crippen MR) is 78.3 cm³/mol. The summed E-state index contributed by atoms with van der Waals surface area (Å²) in [5, 5.41) is 12.4. The second-order valence-electron chi connectivity index (χ2n) is 3.92. The molecule has 0 saturated carbocycles. The molecule has 106 valence electrons. The number of oxime groups is 1. The van der Waals surface area contributed by atoms with Crippen molar-refractivity contribution in [2.24, 2.45) is 10.9 Å². The zero-order valence-corrected chi connectivity index (χ0v) is 12.0. The third-order valence-electron chi connectivity index (χ3n) is 2.77. The summed E-state index contributed by atoms with van der Waals surface area (Å²) in [6, 6.07) is 5.34.